The van der Waals surface area contributed by atoms with E-state index in [0.717, 1.165) is 35.9 Å². The third-order valence-electron chi connectivity index (χ3n) is 4.79. The minimum absolute atomic E-state index is 0.0199. The molecule has 1 saturated heterocycles. The van der Waals surface area contributed by atoms with Crippen molar-refractivity contribution in [2.45, 2.75) is 6.61 Å². The van der Waals surface area contributed by atoms with Gasteiger partial charge in [0.1, 0.15) is 18.1 Å². The van der Waals surface area contributed by atoms with Crippen LogP contribution < -0.4 is 14.8 Å². The minimum atomic E-state index is -0.0199. The van der Waals surface area contributed by atoms with Crippen molar-refractivity contribution in [2.75, 3.05) is 36.5 Å². The van der Waals surface area contributed by atoms with Crippen LogP contribution in [0.3, 0.4) is 0 Å². The van der Waals surface area contributed by atoms with Crippen molar-refractivity contribution < 1.29 is 14.3 Å². The van der Waals surface area contributed by atoms with Crippen LogP contribution in [-0.2, 0) is 11.4 Å². The largest absolute Gasteiger partial charge is 0.489 e. The summed E-state index contributed by atoms with van der Waals surface area (Å²) < 4.78 is 11.6. The van der Waals surface area contributed by atoms with Gasteiger partial charge >= 0.3 is 0 Å². The lowest BCUT2D eigenvalue weighted by Crippen LogP contribution is -2.38. The van der Waals surface area contributed by atoms with Crippen LogP contribution in [0.2, 0.25) is 0 Å². The summed E-state index contributed by atoms with van der Waals surface area (Å²) in [6.45, 7) is 2.85. The van der Waals surface area contributed by atoms with Gasteiger partial charge in [0.25, 0.3) is 0 Å². The molecule has 0 atom stereocenters. The highest BCUT2D eigenvalue weighted by molar-refractivity contribution is 7.99. The number of pyridine rings is 1. The van der Waals surface area contributed by atoms with Crippen molar-refractivity contribution in [1.82, 2.24) is 9.88 Å². The second-order valence-electron chi connectivity index (χ2n) is 7.17. The van der Waals surface area contributed by atoms with Crippen molar-refractivity contribution in [2.24, 2.45) is 0 Å². The summed E-state index contributed by atoms with van der Waals surface area (Å²) in [5.41, 5.74) is 1.78. The maximum atomic E-state index is 12.2. The van der Waals surface area contributed by atoms with Gasteiger partial charge in [-0.1, -0.05) is 30.3 Å². The van der Waals surface area contributed by atoms with Gasteiger partial charge in [-0.2, -0.15) is 11.8 Å². The molecule has 2 aromatic carbocycles. The average molecular weight is 436 g/mol. The normalized spacial score (nSPS) is 14.1. The van der Waals surface area contributed by atoms with E-state index < -0.39 is 0 Å². The molecule has 6 nitrogen and oxygen atoms in total. The summed E-state index contributed by atoms with van der Waals surface area (Å²) in [5.74, 6) is 4.05. The van der Waals surface area contributed by atoms with E-state index in [1.165, 1.54) is 0 Å². The van der Waals surface area contributed by atoms with Gasteiger partial charge in [0.2, 0.25) is 11.8 Å². The molecule has 2 heterocycles. The van der Waals surface area contributed by atoms with Crippen molar-refractivity contribution in [3.63, 3.8) is 0 Å². The summed E-state index contributed by atoms with van der Waals surface area (Å²) in [7, 11) is 0. The second kappa shape index (κ2) is 10.8. The standard InChI is InChI=1S/C24H25N3O3S/c28-23(17-27-12-14-31-15-13-27)26-20-6-11-24(25-16-20)30-22-9-7-21(8-10-22)29-18-19-4-2-1-3-5-19/h1-11,16H,12-15,17-18H2,(H,26,28). The molecule has 1 aromatic heterocycles. The smallest absolute Gasteiger partial charge is 0.238 e. The van der Waals surface area contributed by atoms with E-state index in [4.69, 9.17) is 9.47 Å². The lowest BCUT2D eigenvalue weighted by atomic mass is 10.2. The first-order chi connectivity index (χ1) is 15.2. The lowest BCUT2D eigenvalue weighted by molar-refractivity contribution is -0.117. The van der Waals surface area contributed by atoms with Gasteiger partial charge in [0.05, 0.1) is 18.4 Å². The van der Waals surface area contributed by atoms with Gasteiger partial charge in [-0.15, -0.1) is 0 Å². The van der Waals surface area contributed by atoms with Crippen molar-refractivity contribution in [3.05, 3.63) is 78.5 Å². The molecule has 0 radical (unpaired) electrons. The highest BCUT2D eigenvalue weighted by atomic mass is 32.2. The molecular weight excluding hydrogens is 410 g/mol. The number of rotatable bonds is 8. The predicted octanol–water partition coefficient (Wildman–Crippen LogP) is 4.44. The first-order valence-corrected chi connectivity index (χ1v) is 11.4. The van der Waals surface area contributed by atoms with Crippen LogP contribution in [0.5, 0.6) is 17.4 Å². The molecule has 31 heavy (non-hydrogen) atoms. The Balaban J connectivity index is 1.25. The average Bonchev–Trinajstić information content (AvgIpc) is 2.81. The molecule has 0 saturated carbocycles. The molecule has 1 amide bonds. The van der Waals surface area contributed by atoms with Crippen LogP contribution in [0, 0.1) is 0 Å². The first kappa shape index (κ1) is 21.2. The number of hydrogen-bond acceptors (Lipinski definition) is 6. The van der Waals surface area contributed by atoms with E-state index in [1.54, 1.807) is 18.3 Å². The molecular formula is C24H25N3O3S. The molecule has 0 aliphatic carbocycles. The number of thioether (sulfide) groups is 1. The highest BCUT2D eigenvalue weighted by Crippen LogP contribution is 2.24. The van der Waals surface area contributed by atoms with Crippen LogP contribution in [0.25, 0.3) is 0 Å². The fraction of sp³-hybridized carbons (Fsp3) is 0.250. The van der Waals surface area contributed by atoms with E-state index in [9.17, 15) is 4.79 Å². The molecule has 7 heteroatoms. The van der Waals surface area contributed by atoms with Gasteiger partial charge in [-0.3, -0.25) is 9.69 Å². The Hall–Kier alpha value is -3.03. The summed E-state index contributed by atoms with van der Waals surface area (Å²) in [5, 5.41) is 2.89. The number of benzene rings is 2. The minimum Gasteiger partial charge on any atom is -0.489 e. The van der Waals surface area contributed by atoms with Gasteiger partial charge in [-0.25, -0.2) is 4.98 Å². The number of carbonyl (C=O) groups excluding carboxylic acids is 1. The Kier molecular flexibility index (Phi) is 7.41. The number of nitrogens with one attached hydrogen (secondary N) is 1. The molecule has 0 bridgehead atoms. The maximum Gasteiger partial charge on any atom is 0.238 e. The third kappa shape index (κ3) is 6.73. The topological polar surface area (TPSA) is 63.7 Å². The molecule has 1 aliphatic rings. The van der Waals surface area contributed by atoms with Gasteiger partial charge in [0.15, 0.2) is 0 Å². The molecule has 3 aromatic rings. The monoisotopic (exact) mass is 435 g/mol. The number of ether oxygens (including phenoxy) is 2. The Morgan fingerprint density at radius 2 is 1.71 bits per heavy atom. The second-order valence-corrected chi connectivity index (χ2v) is 8.39. The van der Waals surface area contributed by atoms with Crippen LogP contribution in [0.4, 0.5) is 5.69 Å². The summed E-state index contributed by atoms with van der Waals surface area (Å²) in [6, 6.07) is 21.0. The number of anilines is 1. The van der Waals surface area contributed by atoms with E-state index in [-0.39, 0.29) is 5.91 Å². The van der Waals surface area contributed by atoms with Crippen molar-refractivity contribution in [1.29, 1.82) is 0 Å². The highest BCUT2D eigenvalue weighted by Gasteiger charge is 2.14. The van der Waals surface area contributed by atoms with Crippen molar-refractivity contribution in [3.8, 4) is 17.4 Å². The summed E-state index contributed by atoms with van der Waals surface area (Å²) in [6.07, 6.45) is 1.61. The quantitative estimate of drug-likeness (QED) is 0.564. The molecule has 1 N–H and O–H groups in total. The zero-order chi connectivity index (χ0) is 21.3. The zero-order valence-electron chi connectivity index (χ0n) is 17.2. The maximum absolute atomic E-state index is 12.2. The Morgan fingerprint density at radius 3 is 2.42 bits per heavy atom. The Labute approximate surface area is 186 Å². The summed E-state index contributed by atoms with van der Waals surface area (Å²) >= 11 is 1.93. The number of amides is 1. The van der Waals surface area contributed by atoms with Crippen LogP contribution in [0.15, 0.2) is 72.9 Å². The fourth-order valence-electron chi connectivity index (χ4n) is 3.14. The van der Waals surface area contributed by atoms with Gasteiger partial charge in [-0.05, 0) is 35.9 Å². The van der Waals surface area contributed by atoms with E-state index in [0.29, 0.717) is 30.5 Å². The zero-order valence-corrected chi connectivity index (χ0v) is 18.0. The van der Waals surface area contributed by atoms with E-state index in [2.05, 4.69) is 15.2 Å². The van der Waals surface area contributed by atoms with Crippen LogP contribution in [-0.4, -0.2) is 46.9 Å². The lowest BCUT2D eigenvalue weighted by Gasteiger charge is -2.25. The molecule has 1 aliphatic heterocycles. The molecule has 4 rings (SSSR count). The Bertz CT molecular complexity index is 960. The predicted molar refractivity (Wildman–Crippen MR) is 124 cm³/mol. The van der Waals surface area contributed by atoms with E-state index in [1.807, 2.05) is 66.4 Å². The number of aromatic nitrogens is 1. The summed E-state index contributed by atoms with van der Waals surface area (Å²) in [4.78, 5) is 18.7. The van der Waals surface area contributed by atoms with Crippen LogP contribution >= 0.6 is 11.8 Å². The first-order valence-electron chi connectivity index (χ1n) is 10.3. The molecule has 0 spiro atoms. The number of nitrogens with zero attached hydrogens (tertiary/aromatic N) is 2. The third-order valence-corrected chi connectivity index (χ3v) is 5.73. The SMILES string of the molecule is O=C(CN1CCSCC1)Nc1ccc(Oc2ccc(OCc3ccccc3)cc2)nc1. The van der Waals surface area contributed by atoms with Crippen LogP contribution in [0.1, 0.15) is 5.56 Å². The van der Waals surface area contributed by atoms with Gasteiger partial charge in [0, 0.05) is 30.7 Å². The fourth-order valence-corrected chi connectivity index (χ4v) is 4.12. The Morgan fingerprint density at radius 1 is 0.968 bits per heavy atom. The number of carbonyl (C=O) groups is 1. The number of hydrogen-bond donors (Lipinski definition) is 1. The van der Waals surface area contributed by atoms with Crippen molar-refractivity contribution >= 4 is 23.4 Å². The molecule has 160 valence electrons. The van der Waals surface area contributed by atoms with E-state index >= 15 is 0 Å². The molecule has 1 fully saturated rings. The van der Waals surface area contributed by atoms with Gasteiger partial charge < -0.3 is 14.8 Å². The molecule has 0 unspecified atom stereocenters.